The molecule has 3 nitrogen and oxygen atoms in total. The zero-order valence-electron chi connectivity index (χ0n) is 7.51. The van der Waals surface area contributed by atoms with Crippen LogP contribution in [0.2, 0.25) is 0 Å². The number of hydrogen-bond donors (Lipinski definition) is 1. The molecule has 0 unspecified atom stereocenters. The van der Waals surface area contributed by atoms with Gasteiger partial charge in [-0.2, -0.15) is 0 Å². The maximum Gasteiger partial charge on any atom is 0.340 e. The molecule has 1 aromatic rings. The van der Waals surface area contributed by atoms with Crippen LogP contribution >= 0.6 is 22.6 Å². The highest BCUT2D eigenvalue weighted by atomic mass is 127. The number of rotatable bonds is 2. The van der Waals surface area contributed by atoms with E-state index in [0.717, 1.165) is 6.07 Å². The molecule has 0 bridgehead atoms. The van der Waals surface area contributed by atoms with Gasteiger partial charge in [0.05, 0.1) is 17.9 Å². The van der Waals surface area contributed by atoms with Crippen LogP contribution in [0.1, 0.15) is 17.3 Å². The Hall–Kier alpha value is -0.850. The van der Waals surface area contributed by atoms with Crippen molar-refractivity contribution in [3.05, 3.63) is 27.1 Å². The lowest BCUT2D eigenvalue weighted by atomic mass is 10.2. The number of nitrogen functional groups attached to an aromatic ring is 1. The van der Waals surface area contributed by atoms with E-state index in [4.69, 9.17) is 10.5 Å². The first-order chi connectivity index (χ1) is 6.56. The van der Waals surface area contributed by atoms with Crippen molar-refractivity contribution in [3.63, 3.8) is 0 Å². The van der Waals surface area contributed by atoms with Gasteiger partial charge in [0, 0.05) is 3.57 Å². The normalized spacial score (nSPS) is 9.93. The van der Waals surface area contributed by atoms with Gasteiger partial charge in [0.15, 0.2) is 0 Å². The first-order valence-corrected chi connectivity index (χ1v) is 5.05. The van der Waals surface area contributed by atoms with Crippen molar-refractivity contribution in [1.82, 2.24) is 0 Å². The lowest BCUT2D eigenvalue weighted by molar-refractivity contribution is 0.0527. The van der Waals surface area contributed by atoms with Gasteiger partial charge in [-0.05, 0) is 41.6 Å². The van der Waals surface area contributed by atoms with E-state index in [0.29, 0.717) is 3.57 Å². The minimum atomic E-state index is -0.595. The summed E-state index contributed by atoms with van der Waals surface area (Å²) in [5.41, 5.74) is 5.94. The number of halogens is 2. The van der Waals surface area contributed by atoms with Gasteiger partial charge in [-0.25, -0.2) is 9.18 Å². The molecule has 0 fully saturated rings. The summed E-state index contributed by atoms with van der Waals surface area (Å²) in [6.45, 7) is 1.92. The molecule has 0 aliphatic rings. The smallest absolute Gasteiger partial charge is 0.340 e. The molecule has 0 saturated carbocycles. The standard InChI is InChI=1S/C9H9FINO2/c1-2-14-9(13)6-3-5(10)4-7(11)8(6)12/h3-4H,2,12H2,1H3. The SMILES string of the molecule is CCOC(=O)c1cc(F)cc(I)c1N. The largest absolute Gasteiger partial charge is 0.462 e. The van der Waals surface area contributed by atoms with Gasteiger partial charge in [-0.1, -0.05) is 0 Å². The molecule has 0 aromatic heterocycles. The van der Waals surface area contributed by atoms with Crippen LogP contribution in [0.5, 0.6) is 0 Å². The van der Waals surface area contributed by atoms with E-state index in [1.807, 2.05) is 22.6 Å². The average molecular weight is 309 g/mol. The molecule has 5 heteroatoms. The predicted octanol–water partition coefficient (Wildman–Crippen LogP) is 2.19. The van der Waals surface area contributed by atoms with E-state index in [1.165, 1.54) is 6.07 Å². The topological polar surface area (TPSA) is 52.3 Å². The van der Waals surface area contributed by atoms with Gasteiger partial charge in [0.2, 0.25) is 0 Å². The summed E-state index contributed by atoms with van der Waals surface area (Å²) in [5, 5.41) is 0. The molecular formula is C9H9FINO2. The second-order valence-electron chi connectivity index (χ2n) is 2.57. The highest BCUT2D eigenvalue weighted by Crippen LogP contribution is 2.22. The van der Waals surface area contributed by atoms with Gasteiger partial charge in [-0.15, -0.1) is 0 Å². The Morgan fingerprint density at radius 1 is 1.64 bits per heavy atom. The highest BCUT2D eigenvalue weighted by molar-refractivity contribution is 14.1. The van der Waals surface area contributed by atoms with Crippen LogP contribution in [0.3, 0.4) is 0 Å². The lowest BCUT2D eigenvalue weighted by Crippen LogP contribution is -2.09. The Morgan fingerprint density at radius 3 is 2.86 bits per heavy atom. The van der Waals surface area contributed by atoms with Crippen LogP contribution in [0.15, 0.2) is 12.1 Å². The summed E-state index contributed by atoms with van der Waals surface area (Å²) < 4.78 is 18.2. The number of anilines is 1. The van der Waals surface area contributed by atoms with Crippen molar-refractivity contribution in [3.8, 4) is 0 Å². The monoisotopic (exact) mass is 309 g/mol. The molecule has 0 heterocycles. The number of carbonyl (C=O) groups excluding carboxylic acids is 1. The molecule has 14 heavy (non-hydrogen) atoms. The molecule has 0 radical (unpaired) electrons. The van der Waals surface area contributed by atoms with E-state index in [1.54, 1.807) is 6.92 Å². The first-order valence-electron chi connectivity index (χ1n) is 3.98. The van der Waals surface area contributed by atoms with Crippen LogP contribution in [-0.4, -0.2) is 12.6 Å². The highest BCUT2D eigenvalue weighted by Gasteiger charge is 2.14. The number of hydrogen-bond acceptors (Lipinski definition) is 3. The Morgan fingerprint density at radius 2 is 2.29 bits per heavy atom. The zero-order valence-corrected chi connectivity index (χ0v) is 9.67. The number of ether oxygens (including phenoxy) is 1. The average Bonchev–Trinajstić information content (AvgIpc) is 2.11. The molecule has 0 spiro atoms. The molecule has 0 amide bonds. The van der Waals surface area contributed by atoms with Crippen molar-refractivity contribution in [2.45, 2.75) is 6.92 Å². The fourth-order valence-corrected chi connectivity index (χ4v) is 1.55. The Balaban J connectivity index is 3.13. The second-order valence-corrected chi connectivity index (χ2v) is 3.73. The second kappa shape index (κ2) is 4.59. The van der Waals surface area contributed by atoms with Crippen LogP contribution in [0.4, 0.5) is 10.1 Å². The predicted molar refractivity (Wildman–Crippen MR) is 59.5 cm³/mol. The quantitative estimate of drug-likeness (QED) is 0.517. The number of esters is 1. The van der Waals surface area contributed by atoms with Crippen molar-refractivity contribution in [2.24, 2.45) is 0 Å². The number of nitrogens with two attached hydrogens (primary N) is 1. The fraction of sp³-hybridized carbons (Fsp3) is 0.222. The van der Waals surface area contributed by atoms with E-state index in [-0.39, 0.29) is 17.9 Å². The lowest BCUT2D eigenvalue weighted by Gasteiger charge is -2.06. The minimum Gasteiger partial charge on any atom is -0.462 e. The molecule has 0 aliphatic heterocycles. The zero-order chi connectivity index (χ0) is 10.7. The van der Waals surface area contributed by atoms with E-state index >= 15 is 0 Å². The molecule has 1 rings (SSSR count). The van der Waals surface area contributed by atoms with Gasteiger partial charge >= 0.3 is 5.97 Å². The molecule has 2 N–H and O–H groups in total. The summed E-state index contributed by atoms with van der Waals surface area (Å²) in [7, 11) is 0. The molecular weight excluding hydrogens is 300 g/mol. The van der Waals surface area contributed by atoms with Crippen LogP contribution in [-0.2, 0) is 4.74 Å². The summed E-state index contributed by atoms with van der Waals surface area (Å²) in [4.78, 5) is 11.3. The van der Waals surface area contributed by atoms with Crippen molar-refractivity contribution in [1.29, 1.82) is 0 Å². The minimum absolute atomic E-state index is 0.0799. The summed E-state index contributed by atoms with van der Waals surface area (Å²) in [5.74, 6) is -1.09. The van der Waals surface area contributed by atoms with Gasteiger partial charge < -0.3 is 10.5 Å². The maximum absolute atomic E-state index is 12.9. The van der Waals surface area contributed by atoms with E-state index < -0.39 is 11.8 Å². The Labute approximate surface area is 94.6 Å². The van der Waals surface area contributed by atoms with E-state index in [2.05, 4.69) is 0 Å². The third-order valence-corrected chi connectivity index (χ3v) is 2.48. The molecule has 1 aromatic carbocycles. The van der Waals surface area contributed by atoms with Gasteiger partial charge in [0.1, 0.15) is 5.82 Å². The molecule has 0 saturated heterocycles. The van der Waals surface area contributed by atoms with Crippen LogP contribution < -0.4 is 5.73 Å². The van der Waals surface area contributed by atoms with Crippen molar-refractivity contribution in [2.75, 3.05) is 12.3 Å². The molecule has 0 atom stereocenters. The van der Waals surface area contributed by atoms with Gasteiger partial charge in [0.25, 0.3) is 0 Å². The van der Waals surface area contributed by atoms with Crippen molar-refractivity contribution < 1.29 is 13.9 Å². The molecule has 0 aliphatic carbocycles. The Kier molecular flexibility index (Phi) is 3.68. The third kappa shape index (κ3) is 2.34. The van der Waals surface area contributed by atoms with E-state index in [9.17, 15) is 9.18 Å². The van der Waals surface area contributed by atoms with Crippen molar-refractivity contribution >= 4 is 34.2 Å². The summed E-state index contributed by atoms with van der Waals surface area (Å²) in [6.07, 6.45) is 0. The number of carbonyl (C=O) groups is 1. The number of benzene rings is 1. The van der Waals surface area contributed by atoms with Crippen LogP contribution in [0, 0.1) is 9.39 Å². The van der Waals surface area contributed by atoms with Gasteiger partial charge in [-0.3, -0.25) is 0 Å². The third-order valence-electron chi connectivity index (χ3n) is 1.59. The Bertz CT molecular complexity index is 368. The summed E-state index contributed by atoms with van der Waals surface area (Å²) in [6, 6.07) is 2.34. The maximum atomic E-state index is 12.9. The molecule has 76 valence electrons. The summed E-state index contributed by atoms with van der Waals surface area (Å²) >= 11 is 1.86. The first kappa shape index (κ1) is 11.2. The fourth-order valence-electron chi connectivity index (χ4n) is 0.962. The van der Waals surface area contributed by atoms with Crippen LogP contribution in [0.25, 0.3) is 0 Å².